The SMILES string of the molecule is COc1cc(-c2cnn(C)c2)cn2ncc(C#Cc3cn(C)nc3N)c12. The molecule has 0 amide bonds. The van der Waals surface area contributed by atoms with Crippen LogP contribution in [-0.2, 0) is 14.1 Å². The number of nitrogens with two attached hydrogens (primary N) is 1. The molecule has 0 atom stereocenters. The summed E-state index contributed by atoms with van der Waals surface area (Å²) in [5.74, 6) is 7.25. The molecule has 0 aromatic carbocycles. The number of pyridine rings is 1. The van der Waals surface area contributed by atoms with Gasteiger partial charge in [0.2, 0.25) is 0 Å². The van der Waals surface area contributed by atoms with Crippen molar-refractivity contribution >= 4 is 11.3 Å². The second-order valence-corrected chi connectivity index (χ2v) is 5.90. The van der Waals surface area contributed by atoms with Crippen molar-refractivity contribution in [2.45, 2.75) is 0 Å². The molecule has 0 aliphatic rings. The molecule has 0 saturated carbocycles. The van der Waals surface area contributed by atoms with Gasteiger partial charge in [-0.3, -0.25) is 9.36 Å². The van der Waals surface area contributed by atoms with Crippen LogP contribution in [0.2, 0.25) is 0 Å². The van der Waals surface area contributed by atoms with E-state index >= 15 is 0 Å². The molecule has 26 heavy (non-hydrogen) atoms. The molecule has 8 nitrogen and oxygen atoms in total. The zero-order chi connectivity index (χ0) is 18.3. The van der Waals surface area contributed by atoms with E-state index in [1.165, 1.54) is 0 Å². The van der Waals surface area contributed by atoms with Crippen LogP contribution in [0.3, 0.4) is 0 Å². The van der Waals surface area contributed by atoms with Gasteiger partial charge in [0.1, 0.15) is 11.3 Å². The molecule has 4 rings (SSSR count). The van der Waals surface area contributed by atoms with E-state index in [2.05, 4.69) is 27.1 Å². The first kappa shape index (κ1) is 15.8. The van der Waals surface area contributed by atoms with Crippen LogP contribution in [0.1, 0.15) is 11.1 Å². The van der Waals surface area contributed by atoms with E-state index in [4.69, 9.17) is 10.5 Å². The number of rotatable bonds is 2. The number of anilines is 1. The summed E-state index contributed by atoms with van der Waals surface area (Å²) in [5.41, 5.74) is 10.0. The maximum atomic E-state index is 5.85. The van der Waals surface area contributed by atoms with Crippen molar-refractivity contribution in [2.75, 3.05) is 12.8 Å². The summed E-state index contributed by atoms with van der Waals surface area (Å²) in [5, 5.41) is 12.7. The Hall–Kier alpha value is -3.73. The Bertz CT molecular complexity index is 1170. The van der Waals surface area contributed by atoms with E-state index in [1.807, 2.05) is 25.5 Å². The minimum atomic E-state index is 0.405. The summed E-state index contributed by atoms with van der Waals surface area (Å²) in [7, 11) is 5.32. The maximum absolute atomic E-state index is 5.85. The number of methoxy groups -OCH3 is 1. The van der Waals surface area contributed by atoms with Gasteiger partial charge in [-0.25, -0.2) is 4.52 Å². The number of ether oxygens (including phenoxy) is 1. The van der Waals surface area contributed by atoms with E-state index in [-0.39, 0.29) is 0 Å². The van der Waals surface area contributed by atoms with Crippen LogP contribution in [0, 0.1) is 11.8 Å². The van der Waals surface area contributed by atoms with E-state index in [9.17, 15) is 0 Å². The summed E-state index contributed by atoms with van der Waals surface area (Å²) in [6.45, 7) is 0. The summed E-state index contributed by atoms with van der Waals surface area (Å²) in [6.07, 6.45) is 9.17. The molecule has 0 fully saturated rings. The van der Waals surface area contributed by atoms with Gasteiger partial charge in [0.25, 0.3) is 0 Å². The lowest BCUT2D eigenvalue weighted by atomic mass is 10.1. The van der Waals surface area contributed by atoms with Gasteiger partial charge in [0.15, 0.2) is 5.82 Å². The number of hydrogen-bond acceptors (Lipinski definition) is 5. The minimum Gasteiger partial charge on any atom is -0.494 e. The Morgan fingerprint density at radius 3 is 2.42 bits per heavy atom. The molecule has 0 aliphatic heterocycles. The van der Waals surface area contributed by atoms with Crippen molar-refractivity contribution in [2.24, 2.45) is 14.1 Å². The van der Waals surface area contributed by atoms with Crippen LogP contribution >= 0.6 is 0 Å². The van der Waals surface area contributed by atoms with E-state index in [0.29, 0.717) is 17.1 Å². The number of nitrogens with zero attached hydrogens (tertiary/aromatic N) is 6. The quantitative estimate of drug-likeness (QED) is 0.555. The highest BCUT2D eigenvalue weighted by Crippen LogP contribution is 2.29. The van der Waals surface area contributed by atoms with Gasteiger partial charge >= 0.3 is 0 Å². The Morgan fingerprint density at radius 2 is 1.77 bits per heavy atom. The maximum Gasteiger partial charge on any atom is 0.161 e. The number of fused-ring (bicyclic) bond motifs is 1. The van der Waals surface area contributed by atoms with Crippen LogP contribution in [0.5, 0.6) is 5.75 Å². The van der Waals surface area contributed by atoms with Crippen LogP contribution in [0.15, 0.2) is 37.1 Å². The van der Waals surface area contributed by atoms with Crippen molar-refractivity contribution in [3.8, 4) is 28.7 Å². The molecule has 0 bridgehead atoms. The van der Waals surface area contributed by atoms with Crippen LogP contribution in [0.25, 0.3) is 16.6 Å². The standard InChI is InChI=1S/C18H17N7O/c1-23-10-15(8-20-23)14-6-16(26-3)17-12(7-21-25(17)11-14)4-5-13-9-24(2)22-18(13)19/h6-11H,1-3H3,(H2,19,22). The molecule has 8 heteroatoms. The second-order valence-electron chi connectivity index (χ2n) is 5.90. The van der Waals surface area contributed by atoms with Gasteiger partial charge in [-0.1, -0.05) is 11.8 Å². The number of aryl methyl sites for hydroxylation is 2. The van der Waals surface area contributed by atoms with E-state index in [1.54, 1.807) is 46.6 Å². The Labute approximate surface area is 149 Å². The lowest BCUT2D eigenvalue weighted by Crippen LogP contribution is -1.94. The number of nitrogen functional groups attached to an aromatic ring is 1. The van der Waals surface area contributed by atoms with Gasteiger partial charge in [-0.05, 0) is 6.07 Å². The number of hydrogen-bond donors (Lipinski definition) is 1. The summed E-state index contributed by atoms with van der Waals surface area (Å²) < 4.78 is 10.7. The van der Waals surface area contributed by atoms with Gasteiger partial charge in [-0.15, -0.1) is 0 Å². The lowest BCUT2D eigenvalue weighted by molar-refractivity contribution is 0.417. The Balaban J connectivity index is 1.82. The van der Waals surface area contributed by atoms with Crippen molar-refractivity contribution in [1.82, 2.24) is 29.2 Å². The predicted molar refractivity (Wildman–Crippen MR) is 97.5 cm³/mol. The van der Waals surface area contributed by atoms with Gasteiger partial charge in [0, 0.05) is 43.8 Å². The summed E-state index contributed by atoms with van der Waals surface area (Å²) in [6, 6.07) is 1.96. The zero-order valence-electron chi connectivity index (χ0n) is 14.6. The molecule has 0 saturated heterocycles. The first-order valence-corrected chi connectivity index (χ1v) is 7.90. The normalized spacial score (nSPS) is 10.7. The van der Waals surface area contributed by atoms with E-state index in [0.717, 1.165) is 22.2 Å². The van der Waals surface area contributed by atoms with Gasteiger partial charge in [-0.2, -0.15) is 15.3 Å². The fourth-order valence-electron chi connectivity index (χ4n) is 2.80. The fourth-order valence-corrected chi connectivity index (χ4v) is 2.80. The van der Waals surface area contributed by atoms with Crippen molar-refractivity contribution < 1.29 is 4.74 Å². The van der Waals surface area contributed by atoms with Crippen LogP contribution in [-0.4, -0.2) is 36.3 Å². The zero-order valence-corrected chi connectivity index (χ0v) is 14.6. The molecule has 2 N–H and O–H groups in total. The lowest BCUT2D eigenvalue weighted by Gasteiger charge is -2.06. The largest absolute Gasteiger partial charge is 0.494 e. The summed E-state index contributed by atoms with van der Waals surface area (Å²) in [4.78, 5) is 0. The molecule has 4 heterocycles. The van der Waals surface area contributed by atoms with Crippen LogP contribution < -0.4 is 10.5 Å². The molecule has 130 valence electrons. The number of aromatic nitrogens is 6. The summed E-state index contributed by atoms with van der Waals surface area (Å²) >= 11 is 0. The average Bonchev–Trinajstić information content (AvgIpc) is 3.31. The average molecular weight is 347 g/mol. The van der Waals surface area contributed by atoms with Crippen molar-refractivity contribution in [1.29, 1.82) is 0 Å². The van der Waals surface area contributed by atoms with Crippen LogP contribution in [0.4, 0.5) is 5.82 Å². The Morgan fingerprint density at radius 1 is 0.962 bits per heavy atom. The molecule has 4 aromatic rings. The molecular formula is C18H17N7O. The van der Waals surface area contributed by atoms with Gasteiger partial charge < -0.3 is 10.5 Å². The topological polar surface area (TPSA) is 88.2 Å². The molecule has 0 aliphatic carbocycles. The fraction of sp³-hybridized carbons (Fsp3) is 0.167. The minimum absolute atomic E-state index is 0.405. The monoisotopic (exact) mass is 347 g/mol. The second kappa shape index (κ2) is 5.97. The van der Waals surface area contributed by atoms with E-state index < -0.39 is 0 Å². The first-order valence-electron chi connectivity index (χ1n) is 7.90. The molecule has 0 unspecified atom stereocenters. The smallest absolute Gasteiger partial charge is 0.161 e. The first-order chi connectivity index (χ1) is 12.5. The Kier molecular flexibility index (Phi) is 3.62. The highest BCUT2D eigenvalue weighted by molar-refractivity contribution is 5.76. The molecular weight excluding hydrogens is 330 g/mol. The molecule has 4 aromatic heterocycles. The van der Waals surface area contributed by atoms with Gasteiger partial charge in [0.05, 0.1) is 30.6 Å². The third kappa shape index (κ3) is 2.65. The highest BCUT2D eigenvalue weighted by atomic mass is 16.5. The third-order valence-electron chi connectivity index (χ3n) is 4.02. The van der Waals surface area contributed by atoms with Crippen molar-refractivity contribution in [3.05, 3.63) is 48.2 Å². The highest BCUT2D eigenvalue weighted by Gasteiger charge is 2.12. The molecule has 0 spiro atoms. The predicted octanol–water partition coefficient (Wildman–Crippen LogP) is 1.46. The third-order valence-corrected chi connectivity index (χ3v) is 4.02. The molecule has 0 radical (unpaired) electrons. The van der Waals surface area contributed by atoms with Crippen molar-refractivity contribution in [3.63, 3.8) is 0 Å².